The Labute approximate surface area is 206 Å². The van der Waals surface area contributed by atoms with E-state index in [1.807, 2.05) is 0 Å². The van der Waals surface area contributed by atoms with Gasteiger partial charge in [-0.05, 0) is 6.42 Å². The normalized spacial score (nSPS) is 13.2. The zero-order chi connectivity index (χ0) is 24.4. The fourth-order valence-corrected chi connectivity index (χ4v) is 4.56. The first-order valence-corrected chi connectivity index (χ1v) is 14.7. The Morgan fingerprint density at radius 1 is 0.606 bits per heavy atom. The summed E-state index contributed by atoms with van der Waals surface area (Å²) in [6.45, 7) is 3.86. The van der Waals surface area contributed by atoms with Crippen molar-refractivity contribution < 1.29 is 15.0 Å². The Hall–Kier alpha value is -0.610. The number of carbonyl (C=O) groups excluding carboxylic acids is 1. The van der Waals surface area contributed by atoms with E-state index in [-0.39, 0.29) is 12.5 Å². The molecule has 1 amide bonds. The van der Waals surface area contributed by atoms with Gasteiger partial charge in [-0.15, -0.1) is 0 Å². The van der Waals surface area contributed by atoms with Gasteiger partial charge in [0.25, 0.3) is 0 Å². The number of aliphatic hydroxyl groups excluding tert-OH is 2. The predicted octanol–water partition coefficient (Wildman–Crippen LogP) is 7.84. The Kier molecular flexibility index (Phi) is 25.5. The molecular weight excluding hydrogens is 410 g/mol. The van der Waals surface area contributed by atoms with E-state index in [0.29, 0.717) is 12.8 Å². The number of amides is 1. The van der Waals surface area contributed by atoms with Crippen molar-refractivity contribution in [1.82, 2.24) is 5.32 Å². The summed E-state index contributed by atoms with van der Waals surface area (Å²) in [7, 11) is 0. The van der Waals surface area contributed by atoms with Crippen LogP contribution in [0.5, 0.6) is 0 Å². The molecule has 0 fully saturated rings. The van der Waals surface area contributed by atoms with E-state index in [9.17, 15) is 15.0 Å². The molecule has 0 radical (unpaired) electrons. The van der Waals surface area contributed by atoms with Gasteiger partial charge in [0.05, 0.1) is 18.8 Å². The van der Waals surface area contributed by atoms with Crippen LogP contribution in [-0.2, 0) is 4.79 Å². The quantitative estimate of drug-likeness (QED) is 0.113. The third-order valence-corrected chi connectivity index (χ3v) is 6.93. The first kappa shape index (κ1) is 32.4. The van der Waals surface area contributed by atoms with Crippen LogP contribution in [-0.4, -0.2) is 34.9 Å². The zero-order valence-corrected chi connectivity index (χ0v) is 22.4. The van der Waals surface area contributed by atoms with E-state index < -0.39 is 12.1 Å². The lowest BCUT2D eigenvalue weighted by Crippen LogP contribution is -2.45. The molecule has 198 valence electrons. The fourth-order valence-electron chi connectivity index (χ4n) is 4.56. The minimum atomic E-state index is -0.647. The molecule has 3 N–H and O–H groups in total. The van der Waals surface area contributed by atoms with Crippen LogP contribution in [0.3, 0.4) is 0 Å². The summed E-state index contributed by atoms with van der Waals surface area (Å²) in [4.78, 5) is 11.4. The Balaban J connectivity index is 3.26. The Morgan fingerprint density at radius 3 is 1.24 bits per heavy atom. The van der Waals surface area contributed by atoms with Gasteiger partial charge in [0, 0.05) is 6.42 Å². The summed E-state index contributed by atoms with van der Waals surface area (Å²) < 4.78 is 0. The van der Waals surface area contributed by atoms with E-state index >= 15 is 0 Å². The summed E-state index contributed by atoms with van der Waals surface area (Å²) in [6, 6.07) is -0.525. The van der Waals surface area contributed by atoms with Crippen molar-refractivity contribution in [3.8, 4) is 0 Å². The van der Waals surface area contributed by atoms with Gasteiger partial charge in [-0.25, -0.2) is 0 Å². The molecule has 0 aromatic rings. The minimum absolute atomic E-state index is 0.119. The molecule has 0 aromatic heterocycles. The average molecular weight is 470 g/mol. The highest BCUT2D eigenvalue weighted by atomic mass is 16.3. The van der Waals surface area contributed by atoms with Crippen LogP contribution in [0.25, 0.3) is 0 Å². The first-order valence-electron chi connectivity index (χ1n) is 14.7. The molecule has 0 bridgehead atoms. The summed E-state index contributed by atoms with van der Waals surface area (Å²) >= 11 is 0. The van der Waals surface area contributed by atoms with E-state index in [1.165, 1.54) is 122 Å². The maximum absolute atomic E-state index is 11.4. The molecule has 2 atom stereocenters. The smallest absolute Gasteiger partial charge is 0.220 e. The van der Waals surface area contributed by atoms with Crippen molar-refractivity contribution in [2.24, 2.45) is 0 Å². The molecular formula is C29H59NO3. The molecule has 0 aliphatic rings. The molecule has 0 spiro atoms. The van der Waals surface area contributed by atoms with Gasteiger partial charge < -0.3 is 15.5 Å². The third-order valence-electron chi connectivity index (χ3n) is 6.93. The van der Waals surface area contributed by atoms with Crippen molar-refractivity contribution in [1.29, 1.82) is 0 Å². The summed E-state index contributed by atoms with van der Waals surface area (Å²) in [5.41, 5.74) is 0. The number of unbranched alkanes of at least 4 members (excludes halogenated alkanes) is 20. The summed E-state index contributed by atoms with van der Waals surface area (Å²) in [6.07, 6.45) is 29.0. The third kappa shape index (κ3) is 22.9. The maximum atomic E-state index is 11.4. The second-order valence-electron chi connectivity index (χ2n) is 10.1. The highest BCUT2D eigenvalue weighted by molar-refractivity contribution is 5.75. The minimum Gasteiger partial charge on any atom is -0.394 e. The van der Waals surface area contributed by atoms with Gasteiger partial charge in [-0.2, -0.15) is 0 Å². The molecule has 0 rings (SSSR count). The van der Waals surface area contributed by atoms with Gasteiger partial charge in [-0.3, -0.25) is 4.79 Å². The molecule has 0 aromatic carbocycles. The monoisotopic (exact) mass is 469 g/mol. The summed E-state index contributed by atoms with van der Waals surface area (Å²) in [5.74, 6) is -0.119. The van der Waals surface area contributed by atoms with Crippen LogP contribution in [0.15, 0.2) is 0 Å². The van der Waals surface area contributed by atoms with Crippen LogP contribution >= 0.6 is 0 Å². The average Bonchev–Trinajstić information content (AvgIpc) is 2.83. The Morgan fingerprint density at radius 2 is 0.939 bits per heavy atom. The number of carbonyl (C=O) groups is 1. The van der Waals surface area contributed by atoms with Gasteiger partial charge in [0.15, 0.2) is 0 Å². The second-order valence-corrected chi connectivity index (χ2v) is 10.1. The van der Waals surface area contributed by atoms with E-state index in [1.54, 1.807) is 6.92 Å². The second kappa shape index (κ2) is 26.0. The molecule has 4 nitrogen and oxygen atoms in total. The predicted molar refractivity (Wildman–Crippen MR) is 143 cm³/mol. The lowest BCUT2D eigenvalue weighted by Gasteiger charge is -2.22. The van der Waals surface area contributed by atoms with Crippen molar-refractivity contribution in [2.45, 2.75) is 174 Å². The molecule has 2 unspecified atom stereocenters. The van der Waals surface area contributed by atoms with Gasteiger partial charge in [-0.1, -0.05) is 149 Å². The molecule has 0 aliphatic carbocycles. The van der Waals surface area contributed by atoms with E-state index in [0.717, 1.165) is 12.8 Å². The van der Waals surface area contributed by atoms with Crippen LogP contribution in [0.4, 0.5) is 0 Å². The molecule has 0 saturated heterocycles. The van der Waals surface area contributed by atoms with Gasteiger partial charge in [0.1, 0.15) is 0 Å². The highest BCUT2D eigenvalue weighted by Crippen LogP contribution is 2.15. The van der Waals surface area contributed by atoms with Crippen LogP contribution in [0.2, 0.25) is 0 Å². The molecule has 33 heavy (non-hydrogen) atoms. The van der Waals surface area contributed by atoms with Crippen LogP contribution < -0.4 is 5.32 Å². The number of nitrogens with one attached hydrogen (secondary N) is 1. The lowest BCUT2D eigenvalue weighted by molar-refractivity contribution is -0.122. The zero-order valence-electron chi connectivity index (χ0n) is 22.4. The number of rotatable bonds is 26. The van der Waals surface area contributed by atoms with E-state index in [4.69, 9.17) is 0 Å². The largest absolute Gasteiger partial charge is 0.394 e. The Bertz CT molecular complexity index is 402. The topological polar surface area (TPSA) is 69.6 Å². The van der Waals surface area contributed by atoms with Crippen molar-refractivity contribution >= 4 is 5.91 Å². The fraction of sp³-hybridized carbons (Fsp3) is 0.966. The number of aliphatic hydroxyl groups is 2. The standard InChI is InChI=1S/C29H59NO3/c1-3-5-6-7-8-9-10-11-12-13-14-15-16-17-18-19-20-21-22-23-24-25-28(32)27(26-31)30-29(33)4-2/h27-28,31-32H,3-26H2,1-2H3,(H,30,33). The van der Waals surface area contributed by atoms with Crippen molar-refractivity contribution in [3.63, 3.8) is 0 Å². The highest BCUT2D eigenvalue weighted by Gasteiger charge is 2.19. The summed E-state index contributed by atoms with van der Waals surface area (Å²) in [5, 5.41) is 22.2. The van der Waals surface area contributed by atoms with Crippen LogP contribution in [0, 0.1) is 0 Å². The van der Waals surface area contributed by atoms with Gasteiger partial charge in [0.2, 0.25) is 5.91 Å². The van der Waals surface area contributed by atoms with Crippen molar-refractivity contribution in [3.05, 3.63) is 0 Å². The van der Waals surface area contributed by atoms with E-state index in [2.05, 4.69) is 12.2 Å². The SMILES string of the molecule is CCCCCCCCCCCCCCCCCCCCCCCC(O)C(CO)NC(=O)CC. The molecule has 0 heterocycles. The first-order chi connectivity index (χ1) is 16.2. The maximum Gasteiger partial charge on any atom is 0.220 e. The number of hydrogen-bond acceptors (Lipinski definition) is 3. The molecule has 4 heteroatoms. The lowest BCUT2D eigenvalue weighted by atomic mass is 10.0. The molecule has 0 aliphatic heterocycles. The molecule has 0 saturated carbocycles. The van der Waals surface area contributed by atoms with Crippen LogP contribution in [0.1, 0.15) is 162 Å². The van der Waals surface area contributed by atoms with Gasteiger partial charge >= 0.3 is 0 Å². The number of hydrogen-bond donors (Lipinski definition) is 3. The van der Waals surface area contributed by atoms with Crippen molar-refractivity contribution in [2.75, 3.05) is 6.61 Å².